The fraction of sp³-hybridized carbons (Fsp3) is 0.308. The molecule has 1 aliphatic heterocycles. The molecule has 0 spiro atoms. The van der Waals surface area contributed by atoms with Gasteiger partial charge in [0.15, 0.2) is 10.9 Å². The molecule has 1 saturated heterocycles. The molecule has 3 aromatic heterocycles. The number of carbonyl (C=O) groups is 1. The Morgan fingerprint density at radius 2 is 1.89 bits per heavy atom. The summed E-state index contributed by atoms with van der Waals surface area (Å²) in [7, 11) is 0. The first-order valence-corrected chi connectivity index (χ1v) is 13.5. The molecule has 0 unspecified atom stereocenters. The van der Waals surface area contributed by atoms with Crippen LogP contribution in [0, 0.1) is 11.7 Å². The lowest BCUT2D eigenvalue weighted by Gasteiger charge is -2.30. The lowest BCUT2D eigenvalue weighted by atomic mass is 9.95. The highest BCUT2D eigenvalue weighted by molar-refractivity contribution is 7.22. The average Bonchev–Trinajstić information content (AvgIpc) is 3.49. The highest BCUT2D eigenvalue weighted by atomic mass is 35.5. The van der Waals surface area contributed by atoms with Crippen molar-refractivity contribution in [3.63, 3.8) is 0 Å². The van der Waals surface area contributed by atoms with Crippen molar-refractivity contribution in [1.29, 1.82) is 0 Å². The van der Waals surface area contributed by atoms with Crippen molar-refractivity contribution in [2.75, 3.05) is 18.0 Å². The van der Waals surface area contributed by atoms with Crippen molar-refractivity contribution >= 4 is 61.9 Å². The molecule has 2 fully saturated rings. The maximum atomic E-state index is 14.4. The van der Waals surface area contributed by atoms with Crippen molar-refractivity contribution in [1.82, 2.24) is 15.1 Å². The zero-order valence-electron chi connectivity index (χ0n) is 19.5. The van der Waals surface area contributed by atoms with Crippen LogP contribution < -0.4 is 4.90 Å². The van der Waals surface area contributed by atoms with Crippen molar-refractivity contribution in [3.05, 3.63) is 63.4 Å². The van der Waals surface area contributed by atoms with Crippen molar-refractivity contribution in [3.8, 4) is 11.3 Å². The summed E-state index contributed by atoms with van der Waals surface area (Å²) in [6.45, 7) is 1.52. The predicted molar refractivity (Wildman–Crippen MR) is 142 cm³/mol. The predicted octanol–water partition coefficient (Wildman–Crippen LogP) is 7.30. The number of carboxylic acid groups (broad SMARTS) is 1. The molecular weight excluding hydrogens is 538 g/mol. The molecule has 11 heteroatoms. The van der Waals surface area contributed by atoms with Crippen LogP contribution in [0.1, 0.15) is 53.3 Å². The molecule has 0 radical (unpaired) electrons. The first-order valence-electron chi connectivity index (χ1n) is 11.9. The van der Waals surface area contributed by atoms with E-state index in [4.69, 9.17) is 27.7 Å². The van der Waals surface area contributed by atoms with Gasteiger partial charge in [0.1, 0.15) is 17.0 Å². The highest BCUT2D eigenvalue weighted by Gasteiger charge is 2.33. The molecule has 0 atom stereocenters. The van der Waals surface area contributed by atoms with Crippen LogP contribution in [-0.2, 0) is 0 Å². The summed E-state index contributed by atoms with van der Waals surface area (Å²) < 4.78 is 20.7. The third kappa shape index (κ3) is 4.71. The van der Waals surface area contributed by atoms with Crippen LogP contribution in [-0.4, -0.2) is 39.3 Å². The highest BCUT2D eigenvalue weighted by Crippen LogP contribution is 2.46. The monoisotopic (exact) mass is 558 g/mol. The van der Waals surface area contributed by atoms with Crippen LogP contribution in [0.15, 0.2) is 35.1 Å². The van der Waals surface area contributed by atoms with E-state index in [9.17, 15) is 14.3 Å². The molecule has 37 heavy (non-hydrogen) atoms. The number of carboxylic acids is 1. The van der Waals surface area contributed by atoms with Crippen LogP contribution in [0.5, 0.6) is 0 Å². The summed E-state index contributed by atoms with van der Waals surface area (Å²) in [5.74, 6) is -0.203. The van der Waals surface area contributed by atoms with E-state index >= 15 is 0 Å². The number of piperidine rings is 1. The Balaban J connectivity index is 1.20. The summed E-state index contributed by atoms with van der Waals surface area (Å²) in [5, 5.41) is 15.1. The zero-order chi connectivity index (χ0) is 25.7. The Kier molecular flexibility index (Phi) is 6.38. The maximum absolute atomic E-state index is 14.4. The second kappa shape index (κ2) is 9.70. The van der Waals surface area contributed by atoms with Gasteiger partial charge in [-0.3, -0.25) is 4.98 Å². The van der Waals surface area contributed by atoms with E-state index < -0.39 is 11.8 Å². The molecule has 4 aromatic rings. The minimum Gasteiger partial charge on any atom is -0.478 e. The topological polar surface area (TPSA) is 92.3 Å². The standard InChI is InChI=1S/C26H21Cl2FN4O3S/c27-17-11-30-12-18(28)21(17)22-16(24(36-32-22)14-2-3-14)4-1-13-5-7-33(8-6-13)26-31-23-19(29)9-15(25(34)35)10-20(23)37-26/h1,4,9-14H,2-3,5-8H2,(H,34,35)/b4-1+. The number of pyridine rings is 1. The lowest BCUT2D eigenvalue weighted by Crippen LogP contribution is -2.32. The number of anilines is 1. The van der Waals surface area contributed by atoms with Crippen LogP contribution >= 0.6 is 34.5 Å². The fourth-order valence-corrected chi connectivity index (χ4v) is 6.29. The molecule has 1 saturated carbocycles. The largest absolute Gasteiger partial charge is 0.478 e. The van der Waals surface area contributed by atoms with Gasteiger partial charge in [-0.1, -0.05) is 51.8 Å². The van der Waals surface area contributed by atoms with Gasteiger partial charge >= 0.3 is 5.97 Å². The smallest absolute Gasteiger partial charge is 0.335 e. The third-order valence-corrected chi connectivity index (χ3v) is 8.46. The van der Waals surface area contributed by atoms with Gasteiger partial charge in [-0.25, -0.2) is 14.2 Å². The minimum absolute atomic E-state index is 0.0722. The number of aromatic carboxylic acids is 1. The molecular formula is C26H21Cl2FN4O3S. The quantitative estimate of drug-likeness (QED) is 0.265. The van der Waals surface area contributed by atoms with E-state index in [0.717, 1.165) is 56.2 Å². The fourth-order valence-electron chi connectivity index (χ4n) is 4.68. The SMILES string of the molecule is O=C(O)c1cc(F)c2nc(N3CCC(/C=C/c4c(-c5c(Cl)cncc5Cl)noc4C4CC4)CC3)sc2c1. The van der Waals surface area contributed by atoms with Gasteiger partial charge in [-0.15, -0.1) is 0 Å². The number of nitrogens with zero attached hydrogens (tertiary/aromatic N) is 4. The van der Waals surface area contributed by atoms with Crippen molar-refractivity contribution < 1.29 is 18.8 Å². The number of halogens is 3. The second-order valence-corrected chi connectivity index (χ2v) is 11.2. The maximum Gasteiger partial charge on any atom is 0.335 e. The molecule has 1 N–H and O–H groups in total. The summed E-state index contributed by atoms with van der Waals surface area (Å²) in [4.78, 5) is 21.9. The van der Waals surface area contributed by atoms with Crippen LogP contribution in [0.25, 0.3) is 27.6 Å². The van der Waals surface area contributed by atoms with Gasteiger partial charge in [0, 0.05) is 42.5 Å². The molecule has 4 heterocycles. The minimum atomic E-state index is -1.15. The lowest BCUT2D eigenvalue weighted by molar-refractivity contribution is 0.0696. The Bertz CT molecular complexity index is 1520. The molecule has 0 bridgehead atoms. The number of fused-ring (bicyclic) bond motifs is 1. The molecule has 2 aliphatic rings. The van der Waals surface area contributed by atoms with Crippen LogP contribution in [0.2, 0.25) is 10.0 Å². The van der Waals surface area contributed by atoms with Gasteiger partial charge in [0.25, 0.3) is 0 Å². The number of hydrogen-bond acceptors (Lipinski definition) is 7. The van der Waals surface area contributed by atoms with E-state index in [1.807, 2.05) is 0 Å². The molecule has 0 amide bonds. The van der Waals surface area contributed by atoms with Gasteiger partial charge in [0.2, 0.25) is 0 Å². The van der Waals surface area contributed by atoms with E-state index in [2.05, 4.69) is 32.2 Å². The van der Waals surface area contributed by atoms with Crippen LogP contribution in [0.3, 0.4) is 0 Å². The van der Waals surface area contributed by atoms with Gasteiger partial charge in [-0.2, -0.15) is 0 Å². The molecule has 1 aromatic carbocycles. The normalized spacial score (nSPS) is 16.8. The number of benzene rings is 1. The Morgan fingerprint density at radius 1 is 1.16 bits per heavy atom. The van der Waals surface area contributed by atoms with Crippen molar-refractivity contribution in [2.24, 2.45) is 5.92 Å². The summed E-state index contributed by atoms with van der Waals surface area (Å²) in [6.07, 6.45) is 11.3. The van der Waals surface area contributed by atoms with Gasteiger partial charge in [0.05, 0.1) is 20.3 Å². The van der Waals surface area contributed by atoms with Gasteiger partial charge < -0.3 is 14.5 Å². The van der Waals surface area contributed by atoms with Crippen LogP contribution in [0.4, 0.5) is 9.52 Å². The number of thiazole rings is 1. The number of hydrogen-bond donors (Lipinski definition) is 1. The van der Waals surface area contributed by atoms with E-state index in [-0.39, 0.29) is 11.1 Å². The molecule has 1 aliphatic carbocycles. The molecule has 190 valence electrons. The summed E-state index contributed by atoms with van der Waals surface area (Å²) >= 11 is 14.1. The first kappa shape index (κ1) is 24.3. The van der Waals surface area contributed by atoms with Gasteiger partial charge in [-0.05, 0) is 43.7 Å². The molecule has 6 rings (SSSR count). The first-order chi connectivity index (χ1) is 17.9. The number of allylic oxidation sites excluding steroid dienone is 1. The Labute approximate surface area is 225 Å². The average molecular weight is 559 g/mol. The van der Waals surface area contributed by atoms with E-state index in [0.29, 0.717) is 43.0 Å². The molecule has 7 nitrogen and oxygen atoms in total. The number of aromatic nitrogens is 3. The summed E-state index contributed by atoms with van der Waals surface area (Å²) in [5.41, 5.74) is 2.31. The number of rotatable bonds is 6. The zero-order valence-corrected chi connectivity index (χ0v) is 21.8. The third-order valence-electron chi connectivity index (χ3n) is 6.82. The van der Waals surface area contributed by atoms with E-state index in [1.54, 1.807) is 12.4 Å². The van der Waals surface area contributed by atoms with Crippen molar-refractivity contribution in [2.45, 2.75) is 31.6 Å². The summed E-state index contributed by atoms with van der Waals surface area (Å²) in [6, 6.07) is 2.50. The second-order valence-electron chi connectivity index (χ2n) is 9.35. The Hall–Kier alpha value is -3.01. The van der Waals surface area contributed by atoms with E-state index in [1.165, 1.54) is 17.4 Å². The Morgan fingerprint density at radius 3 is 2.57 bits per heavy atom.